The van der Waals surface area contributed by atoms with Gasteiger partial charge in [0.1, 0.15) is 18.0 Å². The van der Waals surface area contributed by atoms with E-state index in [0.29, 0.717) is 11.6 Å². The minimum atomic E-state index is -1.10. The Morgan fingerprint density at radius 3 is 3.00 bits per heavy atom. The number of alkyl halides is 1. The molecule has 4 atom stereocenters. The van der Waals surface area contributed by atoms with E-state index in [1.807, 2.05) is 6.07 Å². The lowest BCUT2D eigenvalue weighted by Gasteiger charge is -2.21. The third-order valence-corrected chi connectivity index (χ3v) is 5.25. The first-order chi connectivity index (χ1) is 13.1. The van der Waals surface area contributed by atoms with Crippen molar-refractivity contribution in [3.8, 4) is 6.07 Å². The number of aromatic nitrogens is 1. The van der Waals surface area contributed by atoms with Crippen LogP contribution in [0.5, 0.6) is 0 Å². The highest BCUT2D eigenvalue weighted by Crippen LogP contribution is 2.26. The Labute approximate surface area is 158 Å². The number of nitrogens with zero attached hydrogens (tertiary/aromatic N) is 4. The number of halogens is 1. The average Bonchev–Trinajstić information content (AvgIpc) is 3.31. The summed E-state index contributed by atoms with van der Waals surface area (Å²) in [6.07, 6.45) is 3.55. The topological polar surface area (TPSA) is 85.4 Å². The molecule has 3 rings (SSSR count). The molecule has 0 bridgehead atoms. The molecule has 8 heteroatoms. The molecular formula is C19H23FN6O. The number of carbonyl (C=O) groups excluding carboxylic acids is 1. The summed E-state index contributed by atoms with van der Waals surface area (Å²) in [7, 11) is 0. The molecule has 2 unspecified atom stereocenters. The van der Waals surface area contributed by atoms with Crippen molar-refractivity contribution in [2.45, 2.75) is 43.9 Å². The van der Waals surface area contributed by atoms with Crippen LogP contribution in [0.1, 0.15) is 25.7 Å². The zero-order valence-electron chi connectivity index (χ0n) is 15.1. The molecular weight excluding hydrogens is 347 g/mol. The number of anilines is 1. The van der Waals surface area contributed by atoms with E-state index in [2.05, 4.69) is 20.5 Å². The van der Waals surface area contributed by atoms with Gasteiger partial charge in [-0.1, -0.05) is 6.07 Å². The summed E-state index contributed by atoms with van der Waals surface area (Å²) in [5.41, 5.74) is 0.520. The lowest BCUT2D eigenvalue weighted by molar-refractivity contribution is -0.130. The number of amides is 1. The van der Waals surface area contributed by atoms with Crippen molar-refractivity contribution < 1.29 is 9.18 Å². The number of nitriles is 1. The summed E-state index contributed by atoms with van der Waals surface area (Å²) >= 11 is 0. The quantitative estimate of drug-likeness (QED) is 0.751. The van der Waals surface area contributed by atoms with Gasteiger partial charge in [0.25, 0.3) is 0 Å². The van der Waals surface area contributed by atoms with Gasteiger partial charge >= 0.3 is 0 Å². The molecule has 7 nitrogen and oxygen atoms in total. The zero-order valence-corrected chi connectivity index (χ0v) is 15.1. The molecule has 1 aromatic rings. The summed E-state index contributed by atoms with van der Waals surface area (Å²) in [4.78, 5) is 21.1. The van der Waals surface area contributed by atoms with Crippen LogP contribution < -0.4 is 10.6 Å². The van der Waals surface area contributed by atoms with Crippen LogP contribution in [0.2, 0.25) is 0 Å². The second-order valence-corrected chi connectivity index (χ2v) is 7.18. The van der Waals surface area contributed by atoms with Crippen molar-refractivity contribution in [2.24, 2.45) is 5.92 Å². The normalized spacial score (nSPS) is 27.1. The molecule has 27 heavy (non-hydrogen) atoms. The molecule has 142 valence electrons. The Bertz CT molecular complexity index is 740. The fraction of sp³-hybridized carbons (Fsp3) is 0.579. The largest absolute Gasteiger partial charge is 0.370 e. The highest BCUT2D eigenvalue weighted by Gasteiger charge is 2.35. The molecule has 1 aliphatic heterocycles. The lowest BCUT2D eigenvalue weighted by Crippen LogP contribution is -2.43. The van der Waals surface area contributed by atoms with Gasteiger partial charge in [0.15, 0.2) is 0 Å². The lowest BCUT2D eigenvalue weighted by atomic mass is 10.1. The van der Waals surface area contributed by atoms with Crippen LogP contribution in [-0.2, 0) is 4.79 Å². The smallest absolute Gasteiger partial charge is 0.237 e. The van der Waals surface area contributed by atoms with E-state index in [9.17, 15) is 9.18 Å². The van der Waals surface area contributed by atoms with Crippen LogP contribution in [0.4, 0.5) is 15.9 Å². The van der Waals surface area contributed by atoms with Gasteiger partial charge in [0, 0.05) is 25.2 Å². The van der Waals surface area contributed by atoms with Gasteiger partial charge in [-0.3, -0.25) is 9.78 Å². The first kappa shape index (κ1) is 19.1. The molecule has 2 aliphatic rings. The molecule has 1 saturated carbocycles. The summed E-state index contributed by atoms with van der Waals surface area (Å²) in [5, 5.41) is 15.6. The van der Waals surface area contributed by atoms with E-state index in [1.165, 1.54) is 4.90 Å². The van der Waals surface area contributed by atoms with Crippen LogP contribution >= 0.6 is 0 Å². The van der Waals surface area contributed by atoms with Gasteiger partial charge in [0.2, 0.25) is 11.6 Å². The van der Waals surface area contributed by atoms with E-state index in [0.717, 1.165) is 31.6 Å². The zero-order chi connectivity index (χ0) is 19.2. The monoisotopic (exact) mass is 370 g/mol. The summed E-state index contributed by atoms with van der Waals surface area (Å²) in [6.45, 7) is 7.89. The number of likely N-dealkylation sites (tertiary alicyclic amines) is 1. The Morgan fingerprint density at radius 1 is 1.44 bits per heavy atom. The number of rotatable bonds is 6. The molecule has 1 aliphatic carbocycles. The standard InChI is InChI=1S/C19H23FN6O/c1-22-16-4-5-18(25-10-16)24-9-13-2-3-15(6-13)23-11-19(27)26-12-14(20)7-17(26)8-21/h4-5,10,13-15,17,23H,2-3,6-7,9,11-12H2,(H,24,25)/t13?,14-,15?,17-/m0/s1. The van der Waals surface area contributed by atoms with Gasteiger partial charge in [-0.05, 0) is 31.2 Å². The Balaban J connectivity index is 1.39. The van der Waals surface area contributed by atoms with Crippen molar-refractivity contribution in [3.63, 3.8) is 0 Å². The van der Waals surface area contributed by atoms with Crippen molar-refractivity contribution in [2.75, 3.05) is 25.0 Å². The number of carbonyl (C=O) groups is 1. The minimum Gasteiger partial charge on any atom is -0.370 e. The van der Waals surface area contributed by atoms with Crippen LogP contribution in [0.15, 0.2) is 18.3 Å². The first-order valence-electron chi connectivity index (χ1n) is 9.23. The van der Waals surface area contributed by atoms with E-state index in [-0.39, 0.29) is 31.5 Å². The SMILES string of the molecule is [C-]#[N+]c1ccc(NCC2CCC(NCC(=O)N3C[C@@H](F)C[C@H]3C#N)C2)nc1. The van der Waals surface area contributed by atoms with Crippen molar-refractivity contribution in [1.29, 1.82) is 5.26 Å². The van der Waals surface area contributed by atoms with Crippen molar-refractivity contribution in [1.82, 2.24) is 15.2 Å². The molecule has 0 radical (unpaired) electrons. The molecule has 0 spiro atoms. The van der Waals surface area contributed by atoms with Crippen LogP contribution in [0, 0.1) is 23.8 Å². The predicted octanol–water partition coefficient (Wildman–Crippen LogP) is 2.27. The van der Waals surface area contributed by atoms with Crippen molar-refractivity contribution >= 4 is 17.4 Å². The molecule has 2 N–H and O–H groups in total. The Morgan fingerprint density at radius 2 is 2.30 bits per heavy atom. The maximum Gasteiger partial charge on any atom is 0.237 e. The fourth-order valence-corrected chi connectivity index (χ4v) is 3.77. The maximum atomic E-state index is 13.4. The van der Waals surface area contributed by atoms with E-state index in [1.54, 1.807) is 18.3 Å². The summed E-state index contributed by atoms with van der Waals surface area (Å²) in [5.74, 6) is 1.03. The van der Waals surface area contributed by atoms with E-state index < -0.39 is 12.2 Å². The minimum absolute atomic E-state index is 0.0231. The Kier molecular flexibility index (Phi) is 6.20. The molecule has 1 aromatic heterocycles. The first-order valence-corrected chi connectivity index (χ1v) is 9.23. The number of hydrogen-bond donors (Lipinski definition) is 2. The number of hydrogen-bond acceptors (Lipinski definition) is 5. The second kappa shape index (κ2) is 8.79. The molecule has 1 amide bonds. The molecule has 0 aromatic carbocycles. The van der Waals surface area contributed by atoms with Crippen molar-refractivity contribution in [3.05, 3.63) is 29.7 Å². The summed E-state index contributed by atoms with van der Waals surface area (Å²) in [6, 6.07) is 5.16. The highest BCUT2D eigenvalue weighted by molar-refractivity contribution is 5.79. The Hall–Kier alpha value is -2.71. The predicted molar refractivity (Wildman–Crippen MR) is 98.7 cm³/mol. The third kappa shape index (κ3) is 4.93. The third-order valence-electron chi connectivity index (χ3n) is 5.25. The highest BCUT2D eigenvalue weighted by atomic mass is 19.1. The average molecular weight is 370 g/mol. The number of pyridine rings is 1. The van der Waals surface area contributed by atoms with Crippen LogP contribution in [-0.4, -0.2) is 53.7 Å². The van der Waals surface area contributed by atoms with Crippen LogP contribution in [0.25, 0.3) is 4.85 Å². The van der Waals surface area contributed by atoms with Gasteiger partial charge < -0.3 is 15.5 Å². The van der Waals surface area contributed by atoms with Gasteiger partial charge in [-0.2, -0.15) is 5.26 Å². The van der Waals surface area contributed by atoms with Gasteiger partial charge in [-0.15, -0.1) is 0 Å². The molecule has 2 fully saturated rings. The van der Waals surface area contributed by atoms with E-state index >= 15 is 0 Å². The number of nitrogens with one attached hydrogen (secondary N) is 2. The molecule has 2 heterocycles. The summed E-state index contributed by atoms with van der Waals surface area (Å²) < 4.78 is 13.4. The van der Waals surface area contributed by atoms with Gasteiger partial charge in [-0.25, -0.2) is 9.24 Å². The fourth-order valence-electron chi connectivity index (χ4n) is 3.77. The van der Waals surface area contributed by atoms with Gasteiger partial charge in [0.05, 0.1) is 25.7 Å². The van der Waals surface area contributed by atoms with E-state index in [4.69, 9.17) is 11.8 Å². The van der Waals surface area contributed by atoms with Crippen LogP contribution in [0.3, 0.4) is 0 Å². The second-order valence-electron chi connectivity index (χ2n) is 7.18. The molecule has 1 saturated heterocycles. The maximum absolute atomic E-state index is 13.4.